The molecule has 1 atom stereocenters. The minimum atomic E-state index is -0.588. The van der Waals surface area contributed by atoms with Crippen LogP contribution < -0.4 is 19.6 Å². The smallest absolute Gasteiger partial charge is 0.338 e. The van der Waals surface area contributed by atoms with Crippen LogP contribution >= 0.6 is 11.3 Å². The molecule has 31 heavy (non-hydrogen) atoms. The van der Waals surface area contributed by atoms with Crippen molar-refractivity contribution in [1.82, 2.24) is 4.57 Å². The summed E-state index contributed by atoms with van der Waals surface area (Å²) in [5.41, 5.74) is 2.46. The van der Waals surface area contributed by atoms with Crippen molar-refractivity contribution in [3.05, 3.63) is 96.7 Å². The molecule has 0 spiro atoms. The van der Waals surface area contributed by atoms with E-state index in [0.717, 1.165) is 16.9 Å². The maximum absolute atomic E-state index is 13.4. The number of rotatable bonds is 5. The lowest BCUT2D eigenvalue weighted by Crippen LogP contribution is -2.39. The lowest BCUT2D eigenvalue weighted by Gasteiger charge is -2.24. The second kappa shape index (κ2) is 8.73. The molecule has 2 aromatic carbocycles. The van der Waals surface area contributed by atoms with E-state index in [1.807, 2.05) is 60.7 Å². The second-order valence-electron chi connectivity index (χ2n) is 6.99. The number of allylic oxidation sites excluding steroid dienone is 1. The summed E-state index contributed by atoms with van der Waals surface area (Å²) in [5.74, 6) is 0.291. The minimum Gasteiger partial charge on any atom is -0.497 e. The van der Waals surface area contributed by atoms with Gasteiger partial charge in [0.15, 0.2) is 4.80 Å². The molecule has 1 aliphatic rings. The van der Waals surface area contributed by atoms with Crippen molar-refractivity contribution in [2.45, 2.75) is 19.9 Å². The Morgan fingerprint density at radius 3 is 2.52 bits per heavy atom. The molecule has 2 heterocycles. The monoisotopic (exact) mass is 434 g/mol. The number of esters is 1. The Morgan fingerprint density at radius 2 is 1.87 bits per heavy atom. The van der Waals surface area contributed by atoms with E-state index < -0.39 is 12.0 Å². The maximum Gasteiger partial charge on any atom is 0.338 e. The van der Waals surface area contributed by atoms with Crippen LogP contribution in [0.25, 0.3) is 6.08 Å². The molecule has 4 rings (SSSR count). The van der Waals surface area contributed by atoms with Gasteiger partial charge < -0.3 is 9.47 Å². The standard InChI is InChI=1S/C24H22N2O4S/c1-4-30-23(28)20-15(2)25-24-26(21(20)17-8-6-5-7-9-17)22(27)19(31-24)14-16-10-12-18(29-3)13-11-16/h5-14,21H,4H2,1-3H3/b19-14-. The fourth-order valence-electron chi connectivity index (χ4n) is 3.59. The molecule has 3 aromatic rings. The predicted octanol–water partition coefficient (Wildman–Crippen LogP) is 2.81. The van der Waals surface area contributed by atoms with Crippen LogP contribution in [0.4, 0.5) is 0 Å². The van der Waals surface area contributed by atoms with Crippen LogP contribution in [-0.4, -0.2) is 24.3 Å². The van der Waals surface area contributed by atoms with Gasteiger partial charge in [-0.15, -0.1) is 0 Å². The van der Waals surface area contributed by atoms with Gasteiger partial charge in [0.05, 0.1) is 35.6 Å². The van der Waals surface area contributed by atoms with Gasteiger partial charge in [0.25, 0.3) is 5.56 Å². The molecule has 0 fully saturated rings. The van der Waals surface area contributed by atoms with Crippen LogP contribution in [0, 0.1) is 0 Å². The van der Waals surface area contributed by atoms with E-state index >= 15 is 0 Å². The summed E-state index contributed by atoms with van der Waals surface area (Å²) in [6.45, 7) is 3.79. The Hall–Kier alpha value is -3.45. The number of nitrogens with zero attached hydrogens (tertiary/aromatic N) is 2. The van der Waals surface area contributed by atoms with Crippen molar-refractivity contribution in [3.8, 4) is 5.75 Å². The number of carbonyl (C=O) groups excluding carboxylic acids is 1. The Balaban J connectivity index is 1.91. The van der Waals surface area contributed by atoms with Gasteiger partial charge in [-0.25, -0.2) is 9.79 Å². The Labute approximate surface area is 183 Å². The number of ether oxygens (including phenoxy) is 2. The maximum atomic E-state index is 13.4. The van der Waals surface area contributed by atoms with E-state index in [4.69, 9.17) is 9.47 Å². The number of fused-ring (bicyclic) bond motifs is 1. The van der Waals surface area contributed by atoms with E-state index in [1.54, 1.807) is 25.5 Å². The third kappa shape index (κ3) is 3.96. The topological polar surface area (TPSA) is 69.9 Å². The summed E-state index contributed by atoms with van der Waals surface area (Å²) in [6.07, 6.45) is 1.83. The fraction of sp³-hybridized carbons (Fsp3) is 0.208. The molecular formula is C24H22N2O4S. The molecule has 0 amide bonds. The molecule has 0 radical (unpaired) electrons. The zero-order chi connectivity index (χ0) is 22.0. The quantitative estimate of drug-likeness (QED) is 0.579. The third-order valence-corrected chi connectivity index (χ3v) is 6.03. The first-order valence-electron chi connectivity index (χ1n) is 9.92. The lowest BCUT2D eigenvalue weighted by molar-refractivity contribution is -0.139. The van der Waals surface area contributed by atoms with Gasteiger partial charge in [-0.05, 0) is 43.2 Å². The summed E-state index contributed by atoms with van der Waals surface area (Å²) in [7, 11) is 1.61. The van der Waals surface area contributed by atoms with Crippen molar-refractivity contribution in [1.29, 1.82) is 0 Å². The van der Waals surface area contributed by atoms with Gasteiger partial charge >= 0.3 is 5.97 Å². The van der Waals surface area contributed by atoms with Crippen LogP contribution in [-0.2, 0) is 9.53 Å². The minimum absolute atomic E-state index is 0.192. The average Bonchev–Trinajstić information content (AvgIpc) is 3.08. The van der Waals surface area contributed by atoms with Gasteiger partial charge in [-0.3, -0.25) is 9.36 Å². The molecular weight excluding hydrogens is 412 g/mol. The van der Waals surface area contributed by atoms with Crippen LogP contribution in [0.2, 0.25) is 0 Å². The van der Waals surface area contributed by atoms with E-state index in [2.05, 4.69) is 4.99 Å². The first kappa shape index (κ1) is 20.8. The molecule has 0 aliphatic carbocycles. The Kier molecular flexibility index (Phi) is 5.86. The second-order valence-corrected chi connectivity index (χ2v) is 8.00. The van der Waals surface area contributed by atoms with Crippen molar-refractivity contribution < 1.29 is 14.3 Å². The zero-order valence-corrected chi connectivity index (χ0v) is 18.3. The van der Waals surface area contributed by atoms with Gasteiger partial charge in [0.2, 0.25) is 0 Å². The van der Waals surface area contributed by atoms with E-state index in [9.17, 15) is 9.59 Å². The van der Waals surface area contributed by atoms with Gasteiger partial charge in [-0.2, -0.15) is 0 Å². The SMILES string of the molecule is CCOC(=O)C1=C(C)N=c2s/c(=C\c3ccc(OC)cc3)c(=O)n2C1c1ccccc1. The van der Waals surface area contributed by atoms with Crippen molar-refractivity contribution in [3.63, 3.8) is 0 Å². The number of carbonyl (C=O) groups is 1. The molecule has 0 bridgehead atoms. The third-order valence-electron chi connectivity index (χ3n) is 5.05. The first-order chi connectivity index (χ1) is 15.0. The molecule has 0 saturated carbocycles. The molecule has 0 N–H and O–H groups in total. The van der Waals surface area contributed by atoms with Gasteiger partial charge in [0.1, 0.15) is 5.75 Å². The van der Waals surface area contributed by atoms with Crippen LogP contribution in [0.15, 0.2) is 75.7 Å². The highest BCUT2D eigenvalue weighted by atomic mass is 32.1. The van der Waals surface area contributed by atoms with Crippen LogP contribution in [0.3, 0.4) is 0 Å². The van der Waals surface area contributed by atoms with Crippen molar-refractivity contribution in [2.24, 2.45) is 4.99 Å². The summed E-state index contributed by atoms with van der Waals surface area (Å²) in [4.78, 5) is 31.4. The Morgan fingerprint density at radius 1 is 1.16 bits per heavy atom. The van der Waals surface area contributed by atoms with Gasteiger partial charge in [0, 0.05) is 0 Å². The zero-order valence-electron chi connectivity index (χ0n) is 17.5. The summed E-state index contributed by atoms with van der Waals surface area (Å²) >= 11 is 1.31. The van der Waals surface area contributed by atoms with Crippen molar-refractivity contribution >= 4 is 23.4 Å². The number of benzene rings is 2. The largest absolute Gasteiger partial charge is 0.497 e. The average molecular weight is 435 g/mol. The molecule has 1 aromatic heterocycles. The summed E-state index contributed by atoms with van der Waals surface area (Å²) in [6, 6.07) is 16.4. The van der Waals surface area contributed by atoms with Gasteiger partial charge in [-0.1, -0.05) is 53.8 Å². The van der Waals surface area contributed by atoms with Crippen LogP contribution in [0.5, 0.6) is 5.75 Å². The molecule has 158 valence electrons. The highest BCUT2D eigenvalue weighted by Crippen LogP contribution is 2.30. The van der Waals surface area contributed by atoms with Crippen molar-refractivity contribution in [2.75, 3.05) is 13.7 Å². The molecule has 6 nitrogen and oxygen atoms in total. The number of methoxy groups -OCH3 is 1. The summed E-state index contributed by atoms with van der Waals surface area (Å²) < 4.78 is 12.6. The normalized spacial score (nSPS) is 16.0. The molecule has 1 unspecified atom stereocenters. The van der Waals surface area contributed by atoms with E-state index in [1.165, 1.54) is 11.3 Å². The van der Waals surface area contributed by atoms with E-state index in [0.29, 0.717) is 20.6 Å². The summed E-state index contributed by atoms with van der Waals surface area (Å²) in [5, 5.41) is 0. The van der Waals surface area contributed by atoms with E-state index in [-0.39, 0.29) is 12.2 Å². The predicted molar refractivity (Wildman–Crippen MR) is 120 cm³/mol. The van der Waals surface area contributed by atoms with Crippen LogP contribution in [0.1, 0.15) is 31.0 Å². The lowest BCUT2D eigenvalue weighted by atomic mass is 9.96. The first-order valence-corrected chi connectivity index (χ1v) is 10.7. The molecule has 1 aliphatic heterocycles. The fourth-order valence-corrected chi connectivity index (χ4v) is 4.64. The number of aromatic nitrogens is 1. The molecule has 7 heteroatoms. The highest BCUT2D eigenvalue weighted by molar-refractivity contribution is 7.07. The number of thiazole rings is 1. The number of hydrogen-bond donors (Lipinski definition) is 0. The molecule has 0 saturated heterocycles. The highest BCUT2D eigenvalue weighted by Gasteiger charge is 2.33. The Bertz CT molecular complexity index is 1320. The number of hydrogen-bond acceptors (Lipinski definition) is 6.